The predicted molar refractivity (Wildman–Crippen MR) is 130 cm³/mol. The number of benzene rings is 2. The van der Waals surface area contributed by atoms with E-state index in [-0.39, 0.29) is 10.6 Å². The Bertz CT molecular complexity index is 1220. The lowest BCUT2D eigenvalue weighted by molar-refractivity contribution is -0.384. The molecule has 4 rings (SSSR count). The molecule has 0 saturated carbocycles. The van der Waals surface area contributed by atoms with Crippen LogP contribution in [0.2, 0.25) is 0 Å². The Balaban J connectivity index is 1.70. The molecular weight excluding hydrogens is 422 g/mol. The van der Waals surface area contributed by atoms with Crippen LogP contribution >= 0.6 is 12.1 Å². The Labute approximate surface area is 191 Å². The van der Waals surface area contributed by atoms with Gasteiger partial charge in [-0.1, -0.05) is 24.3 Å². The van der Waals surface area contributed by atoms with E-state index in [1.807, 2.05) is 36.6 Å². The van der Waals surface area contributed by atoms with Crippen LogP contribution in [0.25, 0.3) is 22.0 Å². The number of aromatic nitrogens is 2. The number of non-ortho nitro benzene ring substituents is 1. The van der Waals surface area contributed by atoms with Crippen LogP contribution < -0.4 is 4.72 Å². The second kappa shape index (κ2) is 9.95. The molecule has 0 amide bonds. The van der Waals surface area contributed by atoms with Gasteiger partial charge in [-0.25, -0.2) is 4.31 Å². The molecule has 8 heteroatoms. The third-order valence-corrected chi connectivity index (χ3v) is 5.89. The maximum absolute atomic E-state index is 11.2. The first-order valence-corrected chi connectivity index (χ1v) is 11.1. The second-order valence-electron chi connectivity index (χ2n) is 7.73. The topological polar surface area (TPSA) is 76.2 Å². The number of hydrogen-bond acceptors (Lipinski definition) is 6. The van der Waals surface area contributed by atoms with Crippen LogP contribution in [0.3, 0.4) is 0 Å². The fourth-order valence-electron chi connectivity index (χ4n) is 3.75. The summed E-state index contributed by atoms with van der Waals surface area (Å²) in [6.45, 7) is 1.41. The standard InChI is InChI=1S/C24H25N5O2S/c1-27(2)32-26-13-10-21-17-28(16-18-4-3-5-22(14-18)29(30)31)24-15-20(6-7-23(21)24)19-8-11-25-12-9-19/h3-9,11-12,14-15,17,26H,10,13,16H2,1-2H3. The maximum Gasteiger partial charge on any atom is 0.269 e. The van der Waals surface area contributed by atoms with Gasteiger partial charge in [0, 0.05) is 66.8 Å². The van der Waals surface area contributed by atoms with Gasteiger partial charge in [-0.05, 0) is 61.0 Å². The Hall–Kier alpha value is -3.20. The number of nitro benzene ring substituents is 1. The number of nitro groups is 1. The van der Waals surface area contributed by atoms with E-state index < -0.39 is 0 Å². The highest BCUT2D eigenvalue weighted by Gasteiger charge is 2.12. The number of fused-ring (bicyclic) bond motifs is 1. The van der Waals surface area contributed by atoms with Gasteiger partial charge in [0.1, 0.15) is 0 Å². The smallest absolute Gasteiger partial charge is 0.269 e. The van der Waals surface area contributed by atoms with Crippen LogP contribution in [0.5, 0.6) is 0 Å². The number of rotatable bonds is 9. The van der Waals surface area contributed by atoms with Crippen molar-refractivity contribution in [3.63, 3.8) is 0 Å². The summed E-state index contributed by atoms with van der Waals surface area (Å²) in [4.78, 5) is 15.0. The van der Waals surface area contributed by atoms with Gasteiger partial charge in [-0.15, -0.1) is 0 Å². The second-order valence-corrected chi connectivity index (χ2v) is 8.93. The molecular formula is C24H25N5O2S. The number of nitrogens with one attached hydrogen (secondary N) is 1. The molecule has 0 radical (unpaired) electrons. The molecule has 0 unspecified atom stereocenters. The van der Waals surface area contributed by atoms with Gasteiger partial charge in [-0.2, -0.15) is 0 Å². The zero-order chi connectivity index (χ0) is 22.5. The monoisotopic (exact) mass is 447 g/mol. The normalized spacial score (nSPS) is 11.3. The lowest BCUT2D eigenvalue weighted by atomic mass is 10.0. The number of hydrogen-bond donors (Lipinski definition) is 1. The third-order valence-electron chi connectivity index (χ3n) is 5.20. The molecule has 0 aliphatic carbocycles. The molecule has 0 bridgehead atoms. The molecule has 0 saturated heterocycles. The van der Waals surface area contributed by atoms with Crippen molar-refractivity contribution in [1.29, 1.82) is 0 Å². The van der Waals surface area contributed by atoms with E-state index in [1.54, 1.807) is 36.7 Å². The minimum absolute atomic E-state index is 0.113. The largest absolute Gasteiger partial charge is 0.343 e. The molecule has 2 aromatic carbocycles. The summed E-state index contributed by atoms with van der Waals surface area (Å²) < 4.78 is 7.57. The highest BCUT2D eigenvalue weighted by Crippen LogP contribution is 2.29. The molecule has 7 nitrogen and oxygen atoms in total. The zero-order valence-corrected chi connectivity index (χ0v) is 18.9. The fraction of sp³-hybridized carbons (Fsp3) is 0.208. The van der Waals surface area contributed by atoms with E-state index in [4.69, 9.17) is 0 Å². The molecule has 0 aliphatic heterocycles. The van der Waals surface area contributed by atoms with E-state index in [0.717, 1.165) is 35.2 Å². The van der Waals surface area contributed by atoms with Crippen LogP contribution in [0.1, 0.15) is 11.1 Å². The summed E-state index contributed by atoms with van der Waals surface area (Å²) in [6.07, 6.45) is 6.64. The summed E-state index contributed by atoms with van der Waals surface area (Å²) in [7, 11) is 4.01. The van der Waals surface area contributed by atoms with Crippen LogP contribution in [0.15, 0.2) is 73.2 Å². The minimum Gasteiger partial charge on any atom is -0.343 e. The third kappa shape index (κ3) is 5.16. The van der Waals surface area contributed by atoms with Crippen LogP contribution in [0.4, 0.5) is 5.69 Å². The Kier molecular flexibility index (Phi) is 6.84. The van der Waals surface area contributed by atoms with Gasteiger partial charge in [0.15, 0.2) is 0 Å². The summed E-state index contributed by atoms with van der Waals surface area (Å²) >= 11 is 1.58. The van der Waals surface area contributed by atoms with E-state index in [2.05, 4.69) is 38.7 Å². The van der Waals surface area contributed by atoms with Crippen molar-refractivity contribution in [3.05, 3.63) is 94.4 Å². The Morgan fingerprint density at radius 3 is 2.66 bits per heavy atom. The first-order chi connectivity index (χ1) is 15.5. The molecule has 32 heavy (non-hydrogen) atoms. The van der Waals surface area contributed by atoms with Crippen LogP contribution in [-0.4, -0.2) is 39.4 Å². The van der Waals surface area contributed by atoms with Crippen molar-refractivity contribution in [3.8, 4) is 11.1 Å². The number of pyridine rings is 1. The van der Waals surface area contributed by atoms with Crippen LogP contribution in [-0.2, 0) is 13.0 Å². The highest BCUT2D eigenvalue weighted by atomic mass is 32.2. The Morgan fingerprint density at radius 2 is 1.91 bits per heavy atom. The first-order valence-electron chi connectivity index (χ1n) is 10.3. The van der Waals surface area contributed by atoms with Crippen molar-refractivity contribution in [1.82, 2.24) is 18.6 Å². The van der Waals surface area contributed by atoms with Crippen molar-refractivity contribution in [2.24, 2.45) is 0 Å². The van der Waals surface area contributed by atoms with E-state index in [0.29, 0.717) is 6.54 Å². The summed E-state index contributed by atoms with van der Waals surface area (Å²) in [5, 5.41) is 12.4. The van der Waals surface area contributed by atoms with Crippen molar-refractivity contribution >= 4 is 28.7 Å². The first kappa shape index (κ1) is 22.0. The predicted octanol–water partition coefficient (Wildman–Crippen LogP) is 4.92. The van der Waals surface area contributed by atoms with E-state index in [9.17, 15) is 10.1 Å². The molecule has 0 spiro atoms. The van der Waals surface area contributed by atoms with Gasteiger partial charge in [0.25, 0.3) is 5.69 Å². The van der Waals surface area contributed by atoms with E-state index >= 15 is 0 Å². The quantitative estimate of drug-likeness (QED) is 0.170. The summed E-state index contributed by atoms with van der Waals surface area (Å²) in [5.41, 5.74) is 5.60. The Morgan fingerprint density at radius 1 is 1.09 bits per heavy atom. The average molecular weight is 448 g/mol. The van der Waals surface area contributed by atoms with Gasteiger partial charge in [0.05, 0.1) is 4.92 Å². The van der Waals surface area contributed by atoms with Crippen molar-refractivity contribution in [2.75, 3.05) is 20.6 Å². The SMILES string of the molecule is CN(C)SNCCc1cn(Cc2cccc([N+](=O)[O-])c2)c2cc(-c3ccncc3)ccc12. The van der Waals surface area contributed by atoms with Crippen LogP contribution in [0, 0.1) is 10.1 Å². The van der Waals surface area contributed by atoms with E-state index in [1.165, 1.54) is 17.0 Å². The molecule has 4 aromatic rings. The van der Waals surface area contributed by atoms with Gasteiger partial charge in [0.2, 0.25) is 0 Å². The van der Waals surface area contributed by atoms with Crippen molar-refractivity contribution < 1.29 is 4.92 Å². The van der Waals surface area contributed by atoms with Gasteiger partial charge < -0.3 is 4.57 Å². The highest BCUT2D eigenvalue weighted by molar-refractivity contribution is 7.95. The lowest BCUT2D eigenvalue weighted by Crippen LogP contribution is -2.15. The lowest BCUT2D eigenvalue weighted by Gasteiger charge is -2.08. The number of nitrogens with zero attached hydrogens (tertiary/aromatic N) is 4. The molecule has 2 heterocycles. The molecule has 1 N–H and O–H groups in total. The van der Waals surface area contributed by atoms with Crippen molar-refractivity contribution in [2.45, 2.75) is 13.0 Å². The molecule has 2 aromatic heterocycles. The average Bonchev–Trinajstić information content (AvgIpc) is 3.14. The molecule has 0 fully saturated rings. The maximum atomic E-state index is 11.2. The summed E-state index contributed by atoms with van der Waals surface area (Å²) in [5.74, 6) is 0. The summed E-state index contributed by atoms with van der Waals surface area (Å²) in [6, 6.07) is 17.3. The fourth-order valence-corrected chi connectivity index (χ4v) is 4.20. The van der Waals surface area contributed by atoms with Gasteiger partial charge in [-0.3, -0.25) is 19.8 Å². The molecule has 164 valence electrons. The molecule has 0 aliphatic rings. The molecule has 0 atom stereocenters. The zero-order valence-electron chi connectivity index (χ0n) is 18.1. The minimum atomic E-state index is -0.349. The van der Waals surface area contributed by atoms with Gasteiger partial charge >= 0.3 is 0 Å².